The second-order valence-corrected chi connectivity index (χ2v) is 17.6. The highest BCUT2D eigenvalue weighted by Crippen LogP contribution is 2.87. The van der Waals surface area contributed by atoms with Crippen LogP contribution in [0, 0.1) is 45.3 Å². The lowest BCUT2D eigenvalue weighted by Crippen LogP contribution is -2.70. The highest BCUT2D eigenvalue weighted by Gasteiger charge is 2.85. The first-order valence-electron chi connectivity index (χ1n) is 17.7. The Morgan fingerprint density at radius 1 is 1.06 bits per heavy atom. The van der Waals surface area contributed by atoms with Crippen molar-refractivity contribution in [1.29, 1.82) is 0 Å². The minimum atomic E-state index is -1.32. The van der Waals surface area contributed by atoms with E-state index in [1.54, 1.807) is 13.8 Å². The molecule has 11 nitrogen and oxygen atoms in total. The summed E-state index contributed by atoms with van der Waals surface area (Å²) in [5, 5.41) is 32.9. The van der Waals surface area contributed by atoms with Crippen LogP contribution < -0.4 is 5.73 Å². The van der Waals surface area contributed by atoms with Crippen LogP contribution in [0.25, 0.3) is 0 Å². The number of aliphatic hydroxyl groups excluding tert-OH is 2. The predicted octanol–water partition coefficient (Wildman–Crippen LogP) is 2.68. The van der Waals surface area contributed by atoms with Gasteiger partial charge in [0, 0.05) is 6.92 Å². The van der Waals surface area contributed by atoms with Crippen LogP contribution in [-0.4, -0.2) is 94.5 Å². The van der Waals surface area contributed by atoms with Crippen molar-refractivity contribution in [3.8, 4) is 0 Å². The van der Waals surface area contributed by atoms with Gasteiger partial charge in [0.1, 0.15) is 6.10 Å². The predicted molar refractivity (Wildman–Crippen MR) is 170 cm³/mol. The van der Waals surface area contributed by atoms with Crippen LogP contribution in [0.3, 0.4) is 0 Å². The summed E-state index contributed by atoms with van der Waals surface area (Å²) in [5.41, 5.74) is 4.97. The maximum Gasteiger partial charge on any atom is 0.303 e. The molecular formula is C36H57NO10. The van der Waals surface area contributed by atoms with Crippen molar-refractivity contribution in [2.75, 3.05) is 6.61 Å². The van der Waals surface area contributed by atoms with Crippen molar-refractivity contribution in [3.05, 3.63) is 0 Å². The molecule has 266 valence electrons. The zero-order valence-electron chi connectivity index (χ0n) is 29.1. The van der Waals surface area contributed by atoms with Gasteiger partial charge in [-0.2, -0.15) is 0 Å². The van der Waals surface area contributed by atoms with E-state index in [9.17, 15) is 29.7 Å². The molecule has 0 radical (unpaired) electrons. The molecule has 2 spiro atoms. The van der Waals surface area contributed by atoms with E-state index in [4.69, 9.17) is 24.7 Å². The number of fused-ring (bicyclic) bond motifs is 4. The van der Waals surface area contributed by atoms with Gasteiger partial charge in [-0.15, -0.1) is 0 Å². The van der Waals surface area contributed by atoms with E-state index in [0.717, 1.165) is 44.9 Å². The Kier molecular flexibility index (Phi) is 8.68. The normalized spacial score (nSPS) is 48.3. The molecule has 8 unspecified atom stereocenters. The van der Waals surface area contributed by atoms with Gasteiger partial charge in [0.2, 0.25) is 6.29 Å². The van der Waals surface area contributed by atoms with E-state index >= 15 is 0 Å². The van der Waals surface area contributed by atoms with Crippen molar-refractivity contribution < 1.29 is 48.7 Å². The molecule has 6 fully saturated rings. The van der Waals surface area contributed by atoms with Crippen LogP contribution in [0.2, 0.25) is 0 Å². The Morgan fingerprint density at radius 2 is 1.72 bits per heavy atom. The number of carbonyl (C=O) groups is 3. The summed E-state index contributed by atoms with van der Waals surface area (Å²) in [4.78, 5) is 34.7. The third-order valence-corrected chi connectivity index (χ3v) is 14.6. The van der Waals surface area contributed by atoms with Crippen molar-refractivity contribution in [1.82, 2.24) is 0 Å². The number of aldehydes is 2. The fourth-order valence-electron chi connectivity index (χ4n) is 12.7. The van der Waals surface area contributed by atoms with Gasteiger partial charge in [0.05, 0.1) is 42.2 Å². The lowest BCUT2D eigenvalue weighted by atomic mass is 9.43. The Bertz CT molecular complexity index is 1250. The summed E-state index contributed by atoms with van der Waals surface area (Å²) in [5.74, 6) is 0.131. The summed E-state index contributed by atoms with van der Waals surface area (Å²) in [6.45, 7) is 13.2. The quantitative estimate of drug-likeness (QED) is 0.154. The lowest BCUT2D eigenvalue weighted by molar-refractivity contribution is -0.223. The average molecular weight is 664 g/mol. The number of aliphatic hydroxyl groups is 3. The minimum Gasteiger partial charge on any atom is -0.457 e. The van der Waals surface area contributed by atoms with E-state index in [0.29, 0.717) is 24.9 Å². The van der Waals surface area contributed by atoms with Crippen molar-refractivity contribution in [2.24, 2.45) is 51.1 Å². The van der Waals surface area contributed by atoms with E-state index in [1.807, 2.05) is 0 Å². The highest BCUT2D eigenvalue weighted by atomic mass is 16.7. The largest absolute Gasteiger partial charge is 0.457 e. The smallest absolute Gasteiger partial charge is 0.303 e. The van der Waals surface area contributed by atoms with E-state index in [2.05, 4.69) is 27.7 Å². The number of hydrogen-bond donors (Lipinski definition) is 4. The number of esters is 1. The van der Waals surface area contributed by atoms with Crippen molar-refractivity contribution in [2.45, 2.75) is 154 Å². The molecule has 11 heteroatoms. The third kappa shape index (κ3) is 4.95. The molecule has 1 saturated heterocycles. The van der Waals surface area contributed by atoms with E-state index < -0.39 is 53.9 Å². The summed E-state index contributed by atoms with van der Waals surface area (Å²) in [6.07, 6.45) is 2.48. The molecule has 5 aliphatic carbocycles. The zero-order valence-corrected chi connectivity index (χ0v) is 29.1. The van der Waals surface area contributed by atoms with E-state index in [1.165, 1.54) is 6.92 Å². The number of rotatable bonds is 10. The highest BCUT2D eigenvalue weighted by molar-refractivity contribution is 5.66. The van der Waals surface area contributed by atoms with Gasteiger partial charge >= 0.3 is 5.97 Å². The van der Waals surface area contributed by atoms with Gasteiger partial charge in [0.25, 0.3) is 0 Å². The zero-order chi connectivity index (χ0) is 34.5. The summed E-state index contributed by atoms with van der Waals surface area (Å²) >= 11 is 0. The summed E-state index contributed by atoms with van der Waals surface area (Å²) in [7, 11) is 0. The molecule has 0 bridgehead atoms. The summed E-state index contributed by atoms with van der Waals surface area (Å²) < 4.78 is 24.0. The number of hydrogen-bond acceptors (Lipinski definition) is 11. The first-order valence-corrected chi connectivity index (χ1v) is 17.7. The molecule has 0 aromatic carbocycles. The van der Waals surface area contributed by atoms with Crippen LogP contribution in [0.5, 0.6) is 0 Å². The molecule has 6 rings (SSSR count). The first kappa shape index (κ1) is 35.4. The van der Waals surface area contributed by atoms with Crippen LogP contribution in [0.15, 0.2) is 0 Å². The van der Waals surface area contributed by atoms with Crippen molar-refractivity contribution >= 4 is 18.5 Å². The molecule has 0 amide bonds. The second kappa shape index (κ2) is 11.5. The first-order chi connectivity index (χ1) is 21.8. The van der Waals surface area contributed by atoms with Crippen LogP contribution >= 0.6 is 0 Å². The molecule has 15 atom stereocenters. The molecule has 1 heterocycles. The van der Waals surface area contributed by atoms with Gasteiger partial charge in [-0.05, 0) is 111 Å². The third-order valence-electron chi connectivity index (χ3n) is 14.6. The SMILES string of the molecule is CC(=O)O[C@@H](C1C[C@@H](C)[C@H]2C(O1)[C@H](O)[C@@]1(N)C3CC[C@H]4C(C)(C)C(OC(C=O)OC[C@@H](O)C=O)CCC45CC35CCC21C)C(C)(C)O. The molecule has 0 aromatic rings. The van der Waals surface area contributed by atoms with Gasteiger partial charge in [-0.3, -0.25) is 9.59 Å². The number of carbonyl (C=O) groups excluding carboxylic acids is 3. The van der Waals surface area contributed by atoms with Crippen molar-refractivity contribution in [3.63, 3.8) is 0 Å². The second-order valence-electron chi connectivity index (χ2n) is 17.6. The Balaban J connectivity index is 1.25. The molecule has 5 saturated carbocycles. The van der Waals surface area contributed by atoms with E-state index in [-0.39, 0.29) is 52.1 Å². The van der Waals surface area contributed by atoms with Gasteiger partial charge in [0.15, 0.2) is 18.7 Å². The maximum absolute atomic E-state index is 12.4. The molecule has 6 aliphatic rings. The van der Waals surface area contributed by atoms with Gasteiger partial charge in [-0.25, -0.2) is 0 Å². The lowest BCUT2D eigenvalue weighted by Gasteiger charge is -2.63. The molecule has 47 heavy (non-hydrogen) atoms. The number of nitrogens with two attached hydrogens (primary N) is 1. The Morgan fingerprint density at radius 3 is 2.34 bits per heavy atom. The standard InChI is InChI=1S/C36H57NO10/c1-19-14-22(30(32(5,6)43)45-20(2)40)46-28-27(19)33(7)12-13-35-18-34(35)11-10-25(47-26(16-39)44-17-21(41)15-38)31(3,4)23(34)8-9-24(35)36(33,37)29(28)42/h15-16,19,21-30,41-43H,8-14,17-18,37H2,1-7H3/t19-,21+,22?,23+,24?,25?,26?,27+,28?,29+,30+,33?,34?,35?,36+/m1/s1. The fourth-order valence-corrected chi connectivity index (χ4v) is 12.7. The molecular weight excluding hydrogens is 606 g/mol. The van der Waals surface area contributed by atoms with Crippen LogP contribution in [0.1, 0.15) is 99.8 Å². The van der Waals surface area contributed by atoms with Gasteiger partial charge < -0.3 is 44.8 Å². The molecule has 0 aromatic heterocycles. The topological polar surface area (TPSA) is 175 Å². The molecule has 1 aliphatic heterocycles. The summed E-state index contributed by atoms with van der Waals surface area (Å²) in [6, 6.07) is 0. The Labute approximate surface area is 278 Å². The average Bonchev–Trinajstić information content (AvgIpc) is 3.62. The minimum absolute atomic E-state index is 0.00548. The van der Waals surface area contributed by atoms with Crippen LogP contribution in [-0.2, 0) is 33.3 Å². The van der Waals surface area contributed by atoms with Crippen LogP contribution in [0.4, 0.5) is 0 Å². The van der Waals surface area contributed by atoms with Gasteiger partial charge in [-0.1, -0.05) is 27.7 Å². The fraction of sp³-hybridized carbons (Fsp3) is 0.917. The number of ether oxygens (including phenoxy) is 4. The monoisotopic (exact) mass is 663 g/mol. The molecule has 5 N–H and O–H groups in total. The Hall–Kier alpha value is -1.47. The maximum atomic E-state index is 12.4.